The van der Waals surface area contributed by atoms with Gasteiger partial charge in [0, 0.05) is 11.1 Å². The Morgan fingerprint density at radius 2 is 2.04 bits per heavy atom. The first-order valence-corrected chi connectivity index (χ1v) is 10.1. The van der Waals surface area contributed by atoms with E-state index in [0.717, 1.165) is 47.7 Å². The zero-order valence-electron chi connectivity index (χ0n) is 14.4. The molecule has 1 aromatic heterocycles. The number of thioether (sulfide) groups is 1. The van der Waals surface area contributed by atoms with Crippen LogP contribution in [-0.4, -0.2) is 23.6 Å². The Balaban J connectivity index is 1.56. The lowest BCUT2D eigenvalue weighted by Crippen LogP contribution is -2.08. The van der Waals surface area contributed by atoms with Crippen molar-refractivity contribution < 1.29 is 4.74 Å². The van der Waals surface area contributed by atoms with Gasteiger partial charge in [-0.05, 0) is 54.5 Å². The summed E-state index contributed by atoms with van der Waals surface area (Å²) in [6.07, 6.45) is 4.35. The minimum absolute atomic E-state index is 0.349. The molecule has 3 nitrogen and oxygen atoms in total. The summed E-state index contributed by atoms with van der Waals surface area (Å²) in [5.41, 5.74) is 3.82. The molecule has 0 fully saturated rings. The number of aryl methyl sites for hydroxylation is 1. The Labute approximate surface area is 152 Å². The van der Waals surface area contributed by atoms with E-state index in [1.807, 2.05) is 18.2 Å². The molecule has 128 valence electrons. The highest BCUT2D eigenvalue weighted by Gasteiger charge is 2.21. The summed E-state index contributed by atoms with van der Waals surface area (Å²) in [4.78, 5) is 4.80. The molecule has 4 rings (SSSR count). The molecule has 1 aliphatic rings. The van der Waals surface area contributed by atoms with Crippen molar-refractivity contribution in [3.8, 4) is 5.75 Å². The molecular weight excluding hydrogens is 328 g/mol. The van der Waals surface area contributed by atoms with Crippen molar-refractivity contribution in [3.05, 3.63) is 65.7 Å². The first kappa shape index (κ1) is 16.3. The molecule has 2 aromatic carbocycles. The van der Waals surface area contributed by atoms with Gasteiger partial charge < -0.3 is 10.1 Å². The molecule has 0 amide bonds. The number of ether oxygens (including phenoxy) is 1. The lowest BCUT2D eigenvalue weighted by Gasteiger charge is -2.16. The van der Waals surface area contributed by atoms with Gasteiger partial charge in [-0.3, -0.25) is 0 Å². The maximum absolute atomic E-state index is 5.90. The van der Waals surface area contributed by atoms with Gasteiger partial charge in [-0.1, -0.05) is 30.3 Å². The molecule has 4 heteroatoms. The second-order valence-electron chi connectivity index (χ2n) is 6.30. The third-order valence-electron chi connectivity index (χ3n) is 4.69. The van der Waals surface area contributed by atoms with Gasteiger partial charge in [-0.2, -0.15) is 11.8 Å². The van der Waals surface area contributed by atoms with Crippen molar-refractivity contribution in [2.75, 3.05) is 23.9 Å². The van der Waals surface area contributed by atoms with Crippen LogP contribution in [0, 0.1) is 0 Å². The van der Waals surface area contributed by atoms with Crippen LogP contribution in [0.3, 0.4) is 0 Å². The highest BCUT2D eigenvalue weighted by molar-refractivity contribution is 7.98. The molecule has 25 heavy (non-hydrogen) atoms. The number of hydrogen-bond donors (Lipinski definition) is 1. The summed E-state index contributed by atoms with van der Waals surface area (Å²) < 4.78 is 5.90. The van der Waals surface area contributed by atoms with Crippen molar-refractivity contribution in [1.82, 2.24) is 4.98 Å². The average Bonchev–Trinajstić information content (AvgIpc) is 3.05. The lowest BCUT2D eigenvalue weighted by molar-refractivity contribution is 0.348. The van der Waals surface area contributed by atoms with Crippen LogP contribution in [0.25, 0.3) is 10.9 Å². The zero-order valence-corrected chi connectivity index (χ0v) is 15.2. The van der Waals surface area contributed by atoms with E-state index in [9.17, 15) is 0 Å². The molecule has 0 saturated carbocycles. The maximum atomic E-state index is 5.90. The highest BCUT2D eigenvalue weighted by atomic mass is 32.2. The number of fused-ring (bicyclic) bond motifs is 2. The summed E-state index contributed by atoms with van der Waals surface area (Å²) in [6.45, 7) is 0.721. The van der Waals surface area contributed by atoms with Gasteiger partial charge in [-0.25, -0.2) is 4.98 Å². The minimum atomic E-state index is 0.349. The van der Waals surface area contributed by atoms with Crippen LogP contribution in [0.2, 0.25) is 0 Å². The van der Waals surface area contributed by atoms with Crippen LogP contribution in [0.15, 0.2) is 54.6 Å². The number of nitrogens with zero attached hydrogens (tertiary/aromatic N) is 1. The van der Waals surface area contributed by atoms with E-state index in [0.29, 0.717) is 6.04 Å². The molecule has 0 radical (unpaired) electrons. The van der Waals surface area contributed by atoms with Gasteiger partial charge in [-0.15, -0.1) is 0 Å². The summed E-state index contributed by atoms with van der Waals surface area (Å²) in [7, 11) is 0. The van der Waals surface area contributed by atoms with Gasteiger partial charge >= 0.3 is 0 Å². The fourth-order valence-corrected chi connectivity index (χ4v) is 3.70. The van der Waals surface area contributed by atoms with Crippen LogP contribution in [0.5, 0.6) is 5.75 Å². The van der Waals surface area contributed by atoms with E-state index in [1.54, 1.807) is 11.8 Å². The van der Waals surface area contributed by atoms with E-state index in [4.69, 9.17) is 9.72 Å². The Kier molecular flexibility index (Phi) is 4.79. The smallest absolute Gasteiger partial charge is 0.128 e. The van der Waals surface area contributed by atoms with Gasteiger partial charge in [0.05, 0.1) is 18.2 Å². The Morgan fingerprint density at radius 1 is 1.12 bits per heavy atom. The Morgan fingerprint density at radius 3 is 2.96 bits per heavy atom. The molecule has 0 aliphatic heterocycles. The zero-order chi connectivity index (χ0) is 17.1. The molecule has 0 bridgehead atoms. The van der Waals surface area contributed by atoms with E-state index in [2.05, 4.69) is 48.0 Å². The Bertz CT molecular complexity index is 881. The van der Waals surface area contributed by atoms with Gasteiger partial charge in [0.15, 0.2) is 0 Å². The molecule has 0 saturated heterocycles. The number of rotatable bonds is 6. The van der Waals surface area contributed by atoms with Gasteiger partial charge in [0.1, 0.15) is 11.6 Å². The summed E-state index contributed by atoms with van der Waals surface area (Å²) in [5.74, 6) is 2.83. The van der Waals surface area contributed by atoms with Crippen molar-refractivity contribution in [3.63, 3.8) is 0 Å². The second-order valence-corrected chi connectivity index (χ2v) is 7.28. The molecule has 1 unspecified atom stereocenters. The van der Waals surface area contributed by atoms with Gasteiger partial charge in [0.2, 0.25) is 0 Å². The maximum Gasteiger partial charge on any atom is 0.128 e. The monoisotopic (exact) mass is 350 g/mol. The van der Waals surface area contributed by atoms with E-state index < -0.39 is 0 Å². The molecule has 0 spiro atoms. The van der Waals surface area contributed by atoms with E-state index in [1.165, 1.54) is 11.1 Å². The minimum Gasteiger partial charge on any atom is -0.492 e. The topological polar surface area (TPSA) is 34.1 Å². The molecule has 1 aliphatic carbocycles. The SMILES string of the molecule is CSCCOc1cccc2nc(NC3CCc4ccccc43)ccc12. The second kappa shape index (κ2) is 7.36. The average molecular weight is 350 g/mol. The van der Waals surface area contributed by atoms with Crippen molar-refractivity contribution in [2.45, 2.75) is 18.9 Å². The standard InChI is InChI=1S/C21H22N2OS/c1-25-14-13-24-20-8-4-7-18-17(20)10-12-21(22-18)23-19-11-9-15-5-2-3-6-16(15)19/h2-8,10,12,19H,9,11,13-14H2,1H3,(H,22,23). The fourth-order valence-electron chi connectivity index (χ4n) is 3.45. The third kappa shape index (κ3) is 3.45. The number of pyridine rings is 1. The van der Waals surface area contributed by atoms with Gasteiger partial charge in [0.25, 0.3) is 0 Å². The first-order valence-electron chi connectivity index (χ1n) is 8.71. The quantitative estimate of drug-likeness (QED) is 0.629. The predicted molar refractivity (Wildman–Crippen MR) is 107 cm³/mol. The summed E-state index contributed by atoms with van der Waals surface area (Å²) in [5, 5.41) is 4.68. The summed E-state index contributed by atoms with van der Waals surface area (Å²) in [6, 6.07) is 19.3. The molecular formula is C21H22N2OS. The molecule has 1 heterocycles. The normalized spacial score (nSPS) is 16.0. The fraction of sp³-hybridized carbons (Fsp3) is 0.286. The van der Waals surface area contributed by atoms with Crippen LogP contribution in [0.1, 0.15) is 23.6 Å². The van der Waals surface area contributed by atoms with Crippen LogP contribution < -0.4 is 10.1 Å². The molecule has 1 N–H and O–H groups in total. The number of benzene rings is 2. The van der Waals surface area contributed by atoms with Crippen molar-refractivity contribution in [2.24, 2.45) is 0 Å². The predicted octanol–water partition coefficient (Wildman–Crippen LogP) is 5.08. The highest BCUT2D eigenvalue weighted by Crippen LogP contribution is 2.34. The Hall–Kier alpha value is -2.20. The van der Waals surface area contributed by atoms with Crippen molar-refractivity contribution in [1.29, 1.82) is 0 Å². The molecule has 1 atom stereocenters. The van der Waals surface area contributed by atoms with Crippen LogP contribution in [0.4, 0.5) is 5.82 Å². The number of hydrogen-bond acceptors (Lipinski definition) is 4. The molecule has 3 aromatic rings. The van der Waals surface area contributed by atoms with Crippen molar-refractivity contribution >= 4 is 28.5 Å². The number of aromatic nitrogens is 1. The van der Waals surface area contributed by atoms with E-state index in [-0.39, 0.29) is 0 Å². The largest absolute Gasteiger partial charge is 0.492 e. The third-order valence-corrected chi connectivity index (χ3v) is 5.27. The summed E-state index contributed by atoms with van der Waals surface area (Å²) >= 11 is 1.79. The van der Waals surface area contributed by atoms with E-state index >= 15 is 0 Å². The first-order chi connectivity index (χ1) is 12.3. The van der Waals surface area contributed by atoms with Crippen LogP contribution >= 0.6 is 11.8 Å². The number of nitrogens with one attached hydrogen (secondary N) is 1. The van der Waals surface area contributed by atoms with Crippen LogP contribution in [-0.2, 0) is 6.42 Å². The number of anilines is 1. The lowest BCUT2D eigenvalue weighted by atomic mass is 10.1.